The maximum Gasteiger partial charge on any atom is 0.330 e. The van der Waals surface area contributed by atoms with Gasteiger partial charge < -0.3 is 14.2 Å². The van der Waals surface area contributed by atoms with Gasteiger partial charge in [0.05, 0.1) is 19.5 Å². The highest BCUT2D eigenvalue weighted by Crippen LogP contribution is 1.84. The molecule has 102 valence electrons. The minimum atomic E-state index is -0.537. The second-order valence-corrected chi connectivity index (χ2v) is 2.61. The maximum absolute atomic E-state index is 10.6. The Balaban J connectivity index is 0. The Morgan fingerprint density at radius 2 is 1.39 bits per heavy atom. The average molecular weight is 258 g/mol. The molecule has 0 saturated heterocycles. The fourth-order valence-corrected chi connectivity index (χ4v) is 0.634. The van der Waals surface area contributed by atoms with Crippen molar-refractivity contribution in [2.45, 2.75) is 20.8 Å². The highest BCUT2D eigenvalue weighted by molar-refractivity contribution is 5.91. The fraction of sp³-hybridized carbons (Fsp3) is 0.417. The molecular weight excluding hydrogens is 240 g/mol. The summed E-state index contributed by atoms with van der Waals surface area (Å²) in [4.78, 5) is 31.0. The van der Waals surface area contributed by atoms with E-state index in [-0.39, 0.29) is 5.97 Å². The molecule has 0 aromatic heterocycles. The summed E-state index contributed by atoms with van der Waals surface area (Å²) in [5, 5.41) is 0. The molecule has 0 aromatic carbocycles. The SMILES string of the molecule is C=COC(C)=O.CCOC(=O)/C=C/C(=O)OCC. The first-order valence-corrected chi connectivity index (χ1v) is 5.27. The number of rotatable bonds is 5. The van der Waals surface area contributed by atoms with Gasteiger partial charge in [-0.3, -0.25) is 4.79 Å². The summed E-state index contributed by atoms with van der Waals surface area (Å²) < 4.78 is 13.2. The Bertz CT molecular complexity index is 286. The van der Waals surface area contributed by atoms with Crippen LogP contribution in [0, 0.1) is 0 Å². The molecule has 0 spiro atoms. The van der Waals surface area contributed by atoms with Crippen LogP contribution >= 0.6 is 0 Å². The predicted molar refractivity (Wildman–Crippen MR) is 64.4 cm³/mol. The fourth-order valence-electron chi connectivity index (χ4n) is 0.634. The van der Waals surface area contributed by atoms with Crippen LogP contribution in [0.2, 0.25) is 0 Å². The zero-order chi connectivity index (χ0) is 14.4. The van der Waals surface area contributed by atoms with Gasteiger partial charge in [0, 0.05) is 19.1 Å². The molecule has 0 fully saturated rings. The van der Waals surface area contributed by atoms with Crippen molar-refractivity contribution < 1.29 is 28.6 Å². The first-order valence-electron chi connectivity index (χ1n) is 5.27. The lowest BCUT2D eigenvalue weighted by atomic mass is 10.5. The number of hydrogen-bond donors (Lipinski definition) is 0. The Labute approximate surface area is 106 Å². The number of esters is 3. The van der Waals surface area contributed by atoms with E-state index in [1.165, 1.54) is 6.92 Å². The van der Waals surface area contributed by atoms with Crippen molar-refractivity contribution >= 4 is 17.9 Å². The van der Waals surface area contributed by atoms with Crippen LogP contribution in [0.25, 0.3) is 0 Å². The minimum Gasteiger partial charge on any atom is -0.463 e. The molecule has 0 heterocycles. The van der Waals surface area contributed by atoms with Crippen molar-refractivity contribution in [1.82, 2.24) is 0 Å². The molecule has 18 heavy (non-hydrogen) atoms. The van der Waals surface area contributed by atoms with E-state index in [0.717, 1.165) is 18.4 Å². The monoisotopic (exact) mass is 258 g/mol. The van der Waals surface area contributed by atoms with E-state index in [9.17, 15) is 14.4 Å². The Morgan fingerprint density at radius 1 is 1.00 bits per heavy atom. The Morgan fingerprint density at radius 3 is 1.56 bits per heavy atom. The van der Waals surface area contributed by atoms with Crippen molar-refractivity contribution in [2.24, 2.45) is 0 Å². The molecule has 0 aliphatic carbocycles. The average Bonchev–Trinajstić information content (AvgIpc) is 2.28. The van der Waals surface area contributed by atoms with Gasteiger partial charge in [-0.2, -0.15) is 0 Å². The van der Waals surface area contributed by atoms with E-state index in [1.54, 1.807) is 13.8 Å². The number of hydrogen-bond acceptors (Lipinski definition) is 6. The topological polar surface area (TPSA) is 78.9 Å². The summed E-state index contributed by atoms with van der Waals surface area (Å²) in [6, 6.07) is 0. The van der Waals surface area contributed by atoms with Crippen molar-refractivity contribution in [3.8, 4) is 0 Å². The maximum atomic E-state index is 10.6. The molecule has 0 atom stereocenters. The molecule has 0 saturated carbocycles. The van der Waals surface area contributed by atoms with Crippen molar-refractivity contribution in [2.75, 3.05) is 13.2 Å². The van der Waals surface area contributed by atoms with Crippen LogP contribution in [0.5, 0.6) is 0 Å². The first kappa shape index (κ1) is 18.3. The third-order valence-electron chi connectivity index (χ3n) is 1.18. The number of carbonyl (C=O) groups is 3. The second kappa shape index (κ2) is 13.0. The molecule has 6 nitrogen and oxygen atoms in total. The van der Waals surface area contributed by atoms with Gasteiger partial charge in [-0.1, -0.05) is 6.58 Å². The van der Waals surface area contributed by atoms with Crippen molar-refractivity contribution in [1.29, 1.82) is 0 Å². The molecule has 0 bridgehead atoms. The quantitative estimate of drug-likeness (QED) is 0.320. The summed E-state index contributed by atoms with van der Waals surface area (Å²) in [7, 11) is 0. The lowest BCUT2D eigenvalue weighted by Gasteiger charge is -1.95. The van der Waals surface area contributed by atoms with Crippen LogP contribution in [0.15, 0.2) is 25.0 Å². The summed E-state index contributed by atoms with van der Waals surface area (Å²) in [6.45, 7) is 8.46. The van der Waals surface area contributed by atoms with Crippen LogP contribution in [-0.2, 0) is 28.6 Å². The van der Waals surface area contributed by atoms with Crippen molar-refractivity contribution in [3.05, 3.63) is 25.0 Å². The molecule has 0 amide bonds. The zero-order valence-corrected chi connectivity index (χ0v) is 10.8. The van der Waals surface area contributed by atoms with E-state index in [4.69, 9.17) is 0 Å². The Hall–Kier alpha value is -2.11. The van der Waals surface area contributed by atoms with Crippen molar-refractivity contribution in [3.63, 3.8) is 0 Å². The van der Waals surface area contributed by atoms with E-state index in [2.05, 4.69) is 20.8 Å². The standard InChI is InChI=1S/C8H12O4.C4H6O2/c1-3-11-7(9)5-6-8(10)12-4-2;1-3-6-4(2)5/h5-6H,3-4H2,1-2H3;3H,1H2,2H3/b6-5+;. The molecule has 0 aliphatic heterocycles. The van der Waals surface area contributed by atoms with Crippen LogP contribution in [-0.4, -0.2) is 31.1 Å². The molecule has 0 aliphatic rings. The van der Waals surface area contributed by atoms with Crippen LogP contribution in [0.3, 0.4) is 0 Å². The first-order chi connectivity index (χ1) is 8.47. The van der Waals surface area contributed by atoms with E-state index < -0.39 is 11.9 Å². The van der Waals surface area contributed by atoms with E-state index >= 15 is 0 Å². The highest BCUT2D eigenvalue weighted by Gasteiger charge is 1.97. The summed E-state index contributed by atoms with van der Waals surface area (Å²) in [6.07, 6.45) is 3.19. The van der Waals surface area contributed by atoms with E-state index in [0.29, 0.717) is 13.2 Å². The lowest BCUT2D eigenvalue weighted by Crippen LogP contribution is -2.03. The Kier molecular flexibility index (Phi) is 13.1. The normalized spacial score (nSPS) is 8.83. The largest absolute Gasteiger partial charge is 0.463 e. The van der Waals surface area contributed by atoms with Gasteiger partial charge in [-0.15, -0.1) is 0 Å². The second-order valence-electron chi connectivity index (χ2n) is 2.61. The van der Waals surface area contributed by atoms with Gasteiger partial charge >= 0.3 is 17.9 Å². The molecule has 0 rings (SSSR count). The molecule has 6 heteroatoms. The van der Waals surface area contributed by atoms with Crippen LogP contribution < -0.4 is 0 Å². The smallest absolute Gasteiger partial charge is 0.330 e. The predicted octanol–water partition coefficient (Wildman–Crippen LogP) is 1.36. The third kappa shape index (κ3) is 16.3. The van der Waals surface area contributed by atoms with Gasteiger partial charge in [0.1, 0.15) is 0 Å². The molecule has 0 N–H and O–H groups in total. The van der Waals surface area contributed by atoms with Gasteiger partial charge in [-0.05, 0) is 13.8 Å². The highest BCUT2D eigenvalue weighted by atomic mass is 16.5. The molecule has 0 unspecified atom stereocenters. The summed E-state index contributed by atoms with van der Waals surface area (Å²) in [5.74, 6) is -1.40. The van der Waals surface area contributed by atoms with Gasteiger partial charge in [0.25, 0.3) is 0 Å². The minimum absolute atomic E-state index is 0.298. The zero-order valence-electron chi connectivity index (χ0n) is 10.8. The van der Waals surface area contributed by atoms with Crippen LogP contribution in [0.1, 0.15) is 20.8 Å². The van der Waals surface area contributed by atoms with E-state index in [1.807, 2.05) is 0 Å². The third-order valence-corrected chi connectivity index (χ3v) is 1.18. The summed E-state index contributed by atoms with van der Waals surface area (Å²) in [5.41, 5.74) is 0. The number of carbonyl (C=O) groups excluding carboxylic acids is 3. The molecule has 0 radical (unpaired) electrons. The molecule has 0 aromatic rings. The number of ether oxygens (including phenoxy) is 3. The van der Waals surface area contributed by atoms with Gasteiger partial charge in [0.2, 0.25) is 0 Å². The molecular formula is C12H18O6. The van der Waals surface area contributed by atoms with Crippen LogP contribution in [0.4, 0.5) is 0 Å². The summed E-state index contributed by atoms with van der Waals surface area (Å²) >= 11 is 0. The van der Waals surface area contributed by atoms with Gasteiger partial charge in [0.15, 0.2) is 0 Å². The van der Waals surface area contributed by atoms with Gasteiger partial charge in [-0.25, -0.2) is 9.59 Å². The lowest BCUT2D eigenvalue weighted by molar-refractivity contribution is -0.140.